The first-order chi connectivity index (χ1) is 13.3. The van der Waals surface area contributed by atoms with Gasteiger partial charge in [-0.2, -0.15) is 13.4 Å². The standard InChI is InChI=1S/C17H23ClN4O5S/c1-25-14-9-12-13(10-15(14)26-2)20-17(18)21-16(12)22-6-3-11(4-7-22)5-8-27-28(19,23)24/h9-11H,3-8H2,1-2H3,(H2,19,23,24). The van der Waals surface area contributed by atoms with E-state index < -0.39 is 10.3 Å². The number of hydrogen-bond acceptors (Lipinski definition) is 8. The number of hydrogen-bond donors (Lipinski definition) is 1. The summed E-state index contributed by atoms with van der Waals surface area (Å²) in [6.45, 7) is 1.62. The number of anilines is 1. The van der Waals surface area contributed by atoms with E-state index in [9.17, 15) is 8.42 Å². The highest BCUT2D eigenvalue weighted by atomic mass is 35.5. The summed E-state index contributed by atoms with van der Waals surface area (Å²) in [6, 6.07) is 3.63. The Bertz CT molecular complexity index is 948. The normalized spacial score (nSPS) is 15.8. The maximum Gasteiger partial charge on any atom is 0.333 e. The van der Waals surface area contributed by atoms with Gasteiger partial charge in [-0.15, -0.1) is 0 Å². The maximum atomic E-state index is 10.9. The summed E-state index contributed by atoms with van der Waals surface area (Å²) in [5.74, 6) is 2.27. The highest BCUT2D eigenvalue weighted by Crippen LogP contribution is 2.37. The van der Waals surface area contributed by atoms with Crippen molar-refractivity contribution in [1.29, 1.82) is 0 Å². The Morgan fingerprint density at radius 2 is 1.82 bits per heavy atom. The Kier molecular flexibility index (Phi) is 6.43. The van der Waals surface area contributed by atoms with Crippen LogP contribution in [0.3, 0.4) is 0 Å². The third-order valence-electron chi connectivity index (χ3n) is 4.84. The van der Waals surface area contributed by atoms with Crippen LogP contribution < -0.4 is 19.5 Å². The molecule has 1 fully saturated rings. The number of ether oxygens (including phenoxy) is 2. The van der Waals surface area contributed by atoms with Gasteiger partial charge in [0.15, 0.2) is 11.5 Å². The van der Waals surface area contributed by atoms with Crippen LogP contribution in [0, 0.1) is 5.92 Å². The van der Waals surface area contributed by atoms with E-state index in [1.165, 1.54) is 0 Å². The van der Waals surface area contributed by atoms with Crippen LogP contribution in [0.2, 0.25) is 5.28 Å². The molecule has 0 amide bonds. The molecule has 1 aliphatic heterocycles. The number of piperidine rings is 1. The van der Waals surface area contributed by atoms with Crippen LogP contribution in [0.4, 0.5) is 5.82 Å². The fourth-order valence-corrected chi connectivity index (χ4v) is 3.92. The average molecular weight is 431 g/mol. The second-order valence-electron chi connectivity index (χ2n) is 6.57. The lowest BCUT2D eigenvalue weighted by Crippen LogP contribution is -2.35. The fourth-order valence-electron chi connectivity index (χ4n) is 3.42. The molecular formula is C17H23ClN4O5S. The first-order valence-electron chi connectivity index (χ1n) is 8.82. The topological polar surface area (TPSA) is 117 Å². The molecule has 0 spiro atoms. The van der Waals surface area contributed by atoms with Crippen molar-refractivity contribution in [3.05, 3.63) is 17.4 Å². The van der Waals surface area contributed by atoms with Crippen molar-refractivity contribution in [2.75, 3.05) is 38.8 Å². The Morgan fingerprint density at radius 3 is 2.43 bits per heavy atom. The van der Waals surface area contributed by atoms with Crippen molar-refractivity contribution in [3.8, 4) is 11.5 Å². The second kappa shape index (κ2) is 8.64. The van der Waals surface area contributed by atoms with Gasteiger partial charge < -0.3 is 14.4 Å². The molecule has 0 saturated carbocycles. The molecule has 1 aromatic heterocycles. The lowest BCUT2D eigenvalue weighted by atomic mass is 9.94. The molecule has 2 N–H and O–H groups in total. The van der Waals surface area contributed by atoms with Crippen molar-refractivity contribution in [2.45, 2.75) is 19.3 Å². The van der Waals surface area contributed by atoms with Gasteiger partial charge in [-0.3, -0.25) is 4.18 Å². The molecule has 0 atom stereocenters. The molecule has 1 saturated heterocycles. The number of fused-ring (bicyclic) bond motifs is 1. The predicted octanol–water partition coefficient (Wildman–Crippen LogP) is 2.13. The summed E-state index contributed by atoms with van der Waals surface area (Å²) >= 11 is 6.15. The molecule has 3 rings (SSSR count). The van der Waals surface area contributed by atoms with Crippen LogP contribution in [0.5, 0.6) is 11.5 Å². The van der Waals surface area contributed by atoms with E-state index in [0.717, 1.165) is 37.1 Å². The highest BCUT2D eigenvalue weighted by molar-refractivity contribution is 7.84. The molecule has 154 valence electrons. The van der Waals surface area contributed by atoms with E-state index >= 15 is 0 Å². The van der Waals surface area contributed by atoms with Gasteiger partial charge in [0.05, 0.1) is 26.3 Å². The molecule has 11 heteroatoms. The Balaban J connectivity index is 1.77. The molecular weight excluding hydrogens is 408 g/mol. The van der Waals surface area contributed by atoms with E-state index in [1.807, 2.05) is 6.07 Å². The minimum atomic E-state index is -3.88. The second-order valence-corrected chi connectivity index (χ2v) is 8.13. The highest BCUT2D eigenvalue weighted by Gasteiger charge is 2.23. The van der Waals surface area contributed by atoms with Gasteiger partial charge >= 0.3 is 10.3 Å². The number of aromatic nitrogens is 2. The number of methoxy groups -OCH3 is 2. The van der Waals surface area contributed by atoms with Crippen LogP contribution in [-0.4, -0.2) is 52.3 Å². The van der Waals surface area contributed by atoms with Crippen LogP contribution >= 0.6 is 11.6 Å². The van der Waals surface area contributed by atoms with Crippen molar-refractivity contribution in [2.24, 2.45) is 11.1 Å². The number of nitrogens with two attached hydrogens (primary N) is 1. The minimum absolute atomic E-state index is 0.1000. The molecule has 0 bridgehead atoms. The van der Waals surface area contributed by atoms with E-state index in [-0.39, 0.29) is 11.9 Å². The Hall–Kier alpha value is -1.88. The molecule has 1 aromatic carbocycles. The van der Waals surface area contributed by atoms with Crippen LogP contribution in [-0.2, 0) is 14.5 Å². The fraction of sp³-hybridized carbons (Fsp3) is 0.529. The SMILES string of the molecule is COc1cc2nc(Cl)nc(N3CCC(CCOS(N)(=O)=O)CC3)c2cc1OC. The van der Waals surface area contributed by atoms with Gasteiger partial charge in [-0.05, 0) is 42.8 Å². The molecule has 2 aromatic rings. The van der Waals surface area contributed by atoms with Crippen LogP contribution in [0.15, 0.2) is 12.1 Å². The summed E-state index contributed by atoms with van der Waals surface area (Å²) in [5.41, 5.74) is 0.677. The quantitative estimate of drug-likeness (QED) is 0.664. The Morgan fingerprint density at radius 1 is 1.18 bits per heavy atom. The van der Waals surface area contributed by atoms with E-state index in [0.29, 0.717) is 29.4 Å². The van der Waals surface area contributed by atoms with E-state index in [1.54, 1.807) is 20.3 Å². The first kappa shape index (κ1) is 20.8. The predicted molar refractivity (Wildman–Crippen MR) is 106 cm³/mol. The largest absolute Gasteiger partial charge is 0.493 e. The maximum absolute atomic E-state index is 10.9. The lowest BCUT2D eigenvalue weighted by Gasteiger charge is -2.33. The van der Waals surface area contributed by atoms with Crippen LogP contribution in [0.1, 0.15) is 19.3 Å². The minimum Gasteiger partial charge on any atom is -0.493 e. The monoisotopic (exact) mass is 430 g/mol. The summed E-state index contributed by atoms with van der Waals surface area (Å²) in [4.78, 5) is 10.9. The first-order valence-corrected chi connectivity index (χ1v) is 10.7. The van der Waals surface area contributed by atoms with Crippen molar-refractivity contribution >= 4 is 38.6 Å². The van der Waals surface area contributed by atoms with Gasteiger partial charge in [0.2, 0.25) is 5.28 Å². The van der Waals surface area contributed by atoms with Crippen molar-refractivity contribution in [3.63, 3.8) is 0 Å². The summed E-state index contributed by atoms with van der Waals surface area (Å²) in [7, 11) is -0.738. The zero-order valence-electron chi connectivity index (χ0n) is 15.7. The smallest absolute Gasteiger partial charge is 0.333 e. The molecule has 28 heavy (non-hydrogen) atoms. The van der Waals surface area contributed by atoms with Gasteiger partial charge in [-0.1, -0.05) is 0 Å². The van der Waals surface area contributed by atoms with Crippen molar-refractivity contribution in [1.82, 2.24) is 9.97 Å². The van der Waals surface area contributed by atoms with Gasteiger partial charge in [0.1, 0.15) is 5.82 Å². The van der Waals surface area contributed by atoms with E-state index in [4.69, 9.17) is 26.2 Å². The molecule has 1 aliphatic rings. The molecule has 0 aliphatic carbocycles. The molecule has 0 unspecified atom stereocenters. The van der Waals surface area contributed by atoms with E-state index in [2.05, 4.69) is 19.1 Å². The van der Waals surface area contributed by atoms with Gasteiger partial charge in [-0.25, -0.2) is 10.1 Å². The summed E-state index contributed by atoms with van der Waals surface area (Å²) in [6.07, 6.45) is 2.40. The van der Waals surface area contributed by atoms with Gasteiger partial charge in [0.25, 0.3) is 0 Å². The summed E-state index contributed by atoms with van der Waals surface area (Å²) in [5, 5.41) is 5.85. The van der Waals surface area contributed by atoms with Gasteiger partial charge in [0, 0.05) is 24.5 Å². The number of rotatable bonds is 7. The molecule has 9 nitrogen and oxygen atoms in total. The number of nitrogens with zero attached hydrogens (tertiary/aromatic N) is 3. The number of benzene rings is 1. The third kappa shape index (κ3) is 4.93. The zero-order chi connectivity index (χ0) is 20.3. The van der Waals surface area contributed by atoms with Crippen LogP contribution in [0.25, 0.3) is 10.9 Å². The molecule has 0 radical (unpaired) electrons. The third-order valence-corrected chi connectivity index (χ3v) is 5.51. The van der Waals surface area contributed by atoms with Crippen molar-refractivity contribution < 1.29 is 22.1 Å². The Labute approximate surface area is 169 Å². The average Bonchev–Trinajstić information content (AvgIpc) is 2.66. The number of halogens is 1. The lowest BCUT2D eigenvalue weighted by molar-refractivity contribution is 0.262. The zero-order valence-corrected chi connectivity index (χ0v) is 17.3. The molecule has 2 heterocycles. The summed E-state index contributed by atoms with van der Waals surface area (Å²) < 4.78 is 37.1.